The second-order valence-corrected chi connectivity index (χ2v) is 6.99. The molecule has 2 aliphatic rings. The molecule has 1 heterocycles. The van der Waals surface area contributed by atoms with Gasteiger partial charge in [-0.25, -0.2) is 0 Å². The number of nitrogens with one attached hydrogen (secondary N) is 1. The van der Waals surface area contributed by atoms with Crippen molar-refractivity contribution in [2.24, 2.45) is 5.92 Å². The summed E-state index contributed by atoms with van der Waals surface area (Å²) < 4.78 is 1.60. The fraction of sp³-hybridized carbons (Fsp3) is 0.429. The summed E-state index contributed by atoms with van der Waals surface area (Å²) in [6, 6.07) is 4.75. The molecule has 0 spiro atoms. The molecule has 3 rings (SSSR count). The fourth-order valence-electron chi connectivity index (χ4n) is 2.57. The van der Waals surface area contributed by atoms with E-state index in [0.29, 0.717) is 5.92 Å². The van der Waals surface area contributed by atoms with E-state index in [0.717, 1.165) is 27.5 Å². The van der Waals surface area contributed by atoms with Gasteiger partial charge in [0.1, 0.15) is 12.1 Å². The van der Waals surface area contributed by atoms with Crippen molar-refractivity contribution in [1.29, 1.82) is 0 Å². The molecule has 1 aliphatic carbocycles. The van der Waals surface area contributed by atoms with Crippen LogP contribution in [0.15, 0.2) is 27.1 Å². The SMILES string of the molecule is CC1C(=O)NC(C2CC2)C(=O)N1c1c(Br)cccc1Br. The highest BCUT2D eigenvalue weighted by Gasteiger charge is 2.46. The molecule has 2 unspecified atom stereocenters. The molecule has 0 bridgehead atoms. The molecule has 1 aliphatic heterocycles. The fourth-order valence-corrected chi connectivity index (χ4v) is 3.95. The van der Waals surface area contributed by atoms with Gasteiger partial charge in [-0.05, 0) is 69.7 Å². The van der Waals surface area contributed by atoms with Gasteiger partial charge in [0.05, 0.1) is 5.69 Å². The predicted molar refractivity (Wildman–Crippen MR) is 83.4 cm³/mol. The molecule has 1 saturated carbocycles. The van der Waals surface area contributed by atoms with Crippen LogP contribution in [-0.4, -0.2) is 23.9 Å². The molecular weight excluding hydrogens is 388 g/mol. The smallest absolute Gasteiger partial charge is 0.250 e. The maximum atomic E-state index is 12.7. The van der Waals surface area contributed by atoms with E-state index in [9.17, 15) is 9.59 Å². The van der Waals surface area contributed by atoms with Crippen LogP contribution in [0.4, 0.5) is 5.69 Å². The van der Waals surface area contributed by atoms with Crippen molar-refractivity contribution in [3.63, 3.8) is 0 Å². The number of anilines is 1. The van der Waals surface area contributed by atoms with Gasteiger partial charge in [0.15, 0.2) is 0 Å². The first-order valence-electron chi connectivity index (χ1n) is 6.58. The zero-order valence-electron chi connectivity index (χ0n) is 10.9. The Morgan fingerprint density at radius 3 is 2.35 bits per heavy atom. The number of hydrogen-bond donors (Lipinski definition) is 1. The number of piperazine rings is 1. The summed E-state index contributed by atoms with van der Waals surface area (Å²) in [4.78, 5) is 26.5. The number of hydrogen-bond acceptors (Lipinski definition) is 2. The number of nitrogens with zero attached hydrogens (tertiary/aromatic N) is 1. The van der Waals surface area contributed by atoms with Crippen molar-refractivity contribution in [3.8, 4) is 0 Å². The van der Waals surface area contributed by atoms with E-state index in [-0.39, 0.29) is 17.9 Å². The first-order chi connectivity index (χ1) is 9.50. The third kappa shape index (κ3) is 2.29. The minimum atomic E-state index is -0.507. The zero-order chi connectivity index (χ0) is 14.4. The van der Waals surface area contributed by atoms with Gasteiger partial charge in [0.2, 0.25) is 5.91 Å². The normalized spacial score (nSPS) is 26.6. The molecule has 2 amide bonds. The van der Waals surface area contributed by atoms with Crippen LogP contribution in [-0.2, 0) is 9.59 Å². The quantitative estimate of drug-likeness (QED) is 0.828. The molecular formula is C14H14Br2N2O2. The molecule has 2 atom stereocenters. The van der Waals surface area contributed by atoms with Gasteiger partial charge < -0.3 is 5.32 Å². The molecule has 0 radical (unpaired) electrons. The van der Waals surface area contributed by atoms with Crippen LogP contribution in [0.25, 0.3) is 0 Å². The Kier molecular flexibility index (Phi) is 3.62. The summed E-state index contributed by atoms with van der Waals surface area (Å²) >= 11 is 6.95. The molecule has 0 aromatic heterocycles. The van der Waals surface area contributed by atoms with E-state index in [1.54, 1.807) is 11.8 Å². The molecule has 1 N–H and O–H groups in total. The van der Waals surface area contributed by atoms with Gasteiger partial charge in [-0.3, -0.25) is 14.5 Å². The average molecular weight is 402 g/mol. The van der Waals surface area contributed by atoms with Gasteiger partial charge in [0.25, 0.3) is 5.91 Å². The Hall–Kier alpha value is -0.880. The number of carbonyl (C=O) groups is 2. The van der Waals surface area contributed by atoms with Crippen LogP contribution in [0.5, 0.6) is 0 Å². The Balaban J connectivity index is 2.04. The molecule has 6 heteroatoms. The topological polar surface area (TPSA) is 49.4 Å². The van der Waals surface area contributed by atoms with Crippen molar-refractivity contribution < 1.29 is 9.59 Å². The lowest BCUT2D eigenvalue weighted by Crippen LogP contribution is -2.63. The Labute approximate surface area is 134 Å². The first kappa shape index (κ1) is 14.1. The average Bonchev–Trinajstić information content (AvgIpc) is 3.21. The van der Waals surface area contributed by atoms with Crippen molar-refractivity contribution in [3.05, 3.63) is 27.1 Å². The first-order valence-corrected chi connectivity index (χ1v) is 8.16. The van der Waals surface area contributed by atoms with Crippen LogP contribution >= 0.6 is 31.9 Å². The summed E-state index contributed by atoms with van der Waals surface area (Å²) in [5.74, 6) is 0.180. The van der Waals surface area contributed by atoms with E-state index >= 15 is 0 Å². The maximum absolute atomic E-state index is 12.7. The van der Waals surface area contributed by atoms with Crippen LogP contribution in [0.1, 0.15) is 19.8 Å². The van der Waals surface area contributed by atoms with Gasteiger partial charge in [-0.15, -0.1) is 0 Å². The van der Waals surface area contributed by atoms with Crippen molar-refractivity contribution >= 4 is 49.4 Å². The summed E-state index contributed by atoms with van der Waals surface area (Å²) in [7, 11) is 0. The monoisotopic (exact) mass is 400 g/mol. The van der Waals surface area contributed by atoms with Crippen molar-refractivity contribution in [2.45, 2.75) is 31.8 Å². The van der Waals surface area contributed by atoms with Gasteiger partial charge in [0, 0.05) is 8.95 Å². The standard InChI is InChI=1S/C14H14Br2N2O2/c1-7-13(19)17-11(8-5-6-8)14(20)18(7)12-9(15)3-2-4-10(12)16/h2-4,7-8,11H,5-6H2,1H3,(H,17,19). The minimum Gasteiger partial charge on any atom is -0.342 e. The third-order valence-electron chi connectivity index (χ3n) is 3.84. The molecule has 1 aromatic rings. The zero-order valence-corrected chi connectivity index (χ0v) is 14.1. The molecule has 1 saturated heterocycles. The summed E-state index contributed by atoms with van der Waals surface area (Å²) in [5, 5.41) is 2.86. The third-order valence-corrected chi connectivity index (χ3v) is 5.12. The maximum Gasteiger partial charge on any atom is 0.250 e. The Bertz CT molecular complexity index is 566. The Morgan fingerprint density at radius 1 is 1.20 bits per heavy atom. The minimum absolute atomic E-state index is 0.0211. The lowest BCUT2D eigenvalue weighted by atomic mass is 10.0. The van der Waals surface area contributed by atoms with Crippen molar-refractivity contribution in [1.82, 2.24) is 5.32 Å². The second kappa shape index (κ2) is 5.15. The van der Waals surface area contributed by atoms with E-state index in [1.165, 1.54) is 0 Å². The molecule has 2 fully saturated rings. The number of halogens is 2. The number of para-hydroxylation sites is 1. The van der Waals surface area contributed by atoms with E-state index in [4.69, 9.17) is 0 Å². The van der Waals surface area contributed by atoms with E-state index in [2.05, 4.69) is 37.2 Å². The molecule has 106 valence electrons. The Morgan fingerprint density at radius 2 is 1.80 bits per heavy atom. The molecule has 4 nitrogen and oxygen atoms in total. The largest absolute Gasteiger partial charge is 0.342 e. The van der Waals surface area contributed by atoms with Gasteiger partial charge in [-0.2, -0.15) is 0 Å². The molecule has 1 aromatic carbocycles. The van der Waals surface area contributed by atoms with Crippen LogP contribution in [0.3, 0.4) is 0 Å². The highest BCUT2D eigenvalue weighted by molar-refractivity contribution is 9.11. The van der Waals surface area contributed by atoms with Crippen molar-refractivity contribution in [2.75, 3.05) is 4.90 Å². The van der Waals surface area contributed by atoms with E-state index < -0.39 is 6.04 Å². The number of carbonyl (C=O) groups excluding carboxylic acids is 2. The number of rotatable bonds is 2. The van der Waals surface area contributed by atoms with Crippen LogP contribution in [0.2, 0.25) is 0 Å². The summed E-state index contributed by atoms with van der Waals surface area (Å²) in [6.07, 6.45) is 2.02. The second-order valence-electron chi connectivity index (χ2n) is 5.28. The van der Waals surface area contributed by atoms with Gasteiger partial charge >= 0.3 is 0 Å². The molecule has 20 heavy (non-hydrogen) atoms. The highest BCUT2D eigenvalue weighted by atomic mass is 79.9. The van der Waals surface area contributed by atoms with Gasteiger partial charge in [-0.1, -0.05) is 6.07 Å². The number of benzene rings is 1. The highest BCUT2D eigenvalue weighted by Crippen LogP contribution is 2.40. The van der Waals surface area contributed by atoms with E-state index in [1.807, 2.05) is 18.2 Å². The summed E-state index contributed by atoms with van der Waals surface area (Å²) in [6.45, 7) is 1.75. The summed E-state index contributed by atoms with van der Waals surface area (Å²) in [5.41, 5.74) is 0.727. The predicted octanol–water partition coefficient (Wildman–Crippen LogP) is 2.84. The lowest BCUT2D eigenvalue weighted by molar-refractivity contribution is -0.134. The van der Waals surface area contributed by atoms with Crippen LogP contribution < -0.4 is 10.2 Å². The van der Waals surface area contributed by atoms with Crippen LogP contribution in [0, 0.1) is 5.92 Å². The number of amides is 2. The lowest BCUT2D eigenvalue weighted by Gasteiger charge is -2.38.